The summed E-state index contributed by atoms with van der Waals surface area (Å²) >= 11 is 0. The molecule has 1 aromatic rings. The van der Waals surface area contributed by atoms with Crippen LogP contribution in [0.15, 0.2) is 22.8 Å². The second-order valence-electron chi connectivity index (χ2n) is 2.75. The van der Waals surface area contributed by atoms with Crippen LogP contribution in [0.5, 0.6) is 0 Å². The molecule has 0 aliphatic heterocycles. The number of amides is 1. The second kappa shape index (κ2) is 4.45. The fourth-order valence-corrected chi connectivity index (χ4v) is 0.976. The molecular formula is C9H11NO4. The summed E-state index contributed by atoms with van der Waals surface area (Å²) in [5.74, 6) is -1.44. The predicted molar refractivity (Wildman–Crippen MR) is 47.9 cm³/mol. The zero-order valence-corrected chi connectivity index (χ0v) is 7.69. The maximum atomic E-state index is 11.3. The van der Waals surface area contributed by atoms with Gasteiger partial charge in [0.05, 0.1) is 6.26 Å². The molecule has 0 bridgehead atoms. The summed E-state index contributed by atoms with van der Waals surface area (Å²) in [6.45, 7) is 1.68. The average Bonchev–Trinajstić information content (AvgIpc) is 2.65. The smallest absolute Gasteiger partial charge is 0.326 e. The molecule has 0 aliphatic rings. The molecule has 0 aliphatic carbocycles. The maximum Gasteiger partial charge on any atom is 0.326 e. The monoisotopic (exact) mass is 197 g/mol. The number of rotatable bonds is 4. The van der Waals surface area contributed by atoms with E-state index in [2.05, 4.69) is 5.32 Å². The van der Waals surface area contributed by atoms with Gasteiger partial charge in [-0.25, -0.2) is 4.79 Å². The Morgan fingerprint density at radius 1 is 1.64 bits per heavy atom. The van der Waals surface area contributed by atoms with E-state index in [0.717, 1.165) is 0 Å². The van der Waals surface area contributed by atoms with E-state index in [0.29, 0.717) is 6.42 Å². The minimum Gasteiger partial charge on any atom is -0.480 e. The number of hydrogen-bond donors (Lipinski definition) is 2. The predicted octanol–water partition coefficient (Wildman–Crippen LogP) is 0.873. The van der Waals surface area contributed by atoms with Crippen LogP contribution in [0.4, 0.5) is 0 Å². The first-order valence-corrected chi connectivity index (χ1v) is 4.22. The van der Waals surface area contributed by atoms with E-state index in [1.165, 1.54) is 12.3 Å². The van der Waals surface area contributed by atoms with Crippen molar-refractivity contribution in [1.82, 2.24) is 5.32 Å². The molecule has 76 valence electrons. The third-order valence-corrected chi connectivity index (χ3v) is 1.76. The van der Waals surface area contributed by atoms with Crippen molar-refractivity contribution >= 4 is 11.9 Å². The van der Waals surface area contributed by atoms with Crippen LogP contribution >= 0.6 is 0 Å². The lowest BCUT2D eigenvalue weighted by Gasteiger charge is -2.10. The van der Waals surface area contributed by atoms with E-state index in [1.807, 2.05) is 0 Å². The second-order valence-corrected chi connectivity index (χ2v) is 2.75. The number of carboxylic acid groups (broad SMARTS) is 1. The van der Waals surface area contributed by atoms with Gasteiger partial charge in [-0.1, -0.05) is 6.92 Å². The Morgan fingerprint density at radius 2 is 2.36 bits per heavy atom. The first-order chi connectivity index (χ1) is 6.65. The Kier molecular flexibility index (Phi) is 3.28. The highest BCUT2D eigenvalue weighted by atomic mass is 16.4. The van der Waals surface area contributed by atoms with Gasteiger partial charge in [0.1, 0.15) is 6.04 Å². The first-order valence-electron chi connectivity index (χ1n) is 4.22. The van der Waals surface area contributed by atoms with Gasteiger partial charge in [0.15, 0.2) is 5.76 Å². The third-order valence-electron chi connectivity index (χ3n) is 1.76. The fourth-order valence-electron chi connectivity index (χ4n) is 0.976. The summed E-state index contributed by atoms with van der Waals surface area (Å²) in [5, 5.41) is 11.0. The van der Waals surface area contributed by atoms with Gasteiger partial charge in [-0.2, -0.15) is 0 Å². The number of nitrogens with one attached hydrogen (secondary N) is 1. The Labute approximate surface area is 80.7 Å². The standard InChI is InChI=1S/C9H11NO4/c1-2-6(9(12)13)10-8(11)7-4-3-5-14-7/h3-6H,2H2,1H3,(H,10,11)(H,12,13)/t6-/m1/s1. The molecule has 14 heavy (non-hydrogen) atoms. The summed E-state index contributed by atoms with van der Waals surface area (Å²) in [4.78, 5) is 21.9. The molecule has 0 saturated heterocycles. The van der Waals surface area contributed by atoms with Gasteiger partial charge in [0, 0.05) is 0 Å². The number of furan rings is 1. The van der Waals surface area contributed by atoms with Crippen LogP contribution in [-0.4, -0.2) is 23.0 Å². The van der Waals surface area contributed by atoms with Gasteiger partial charge in [-0.3, -0.25) is 4.79 Å². The lowest BCUT2D eigenvalue weighted by Crippen LogP contribution is -2.40. The summed E-state index contributed by atoms with van der Waals surface area (Å²) in [6.07, 6.45) is 1.69. The maximum absolute atomic E-state index is 11.3. The van der Waals surface area contributed by atoms with E-state index in [-0.39, 0.29) is 5.76 Å². The highest BCUT2D eigenvalue weighted by molar-refractivity contribution is 5.94. The van der Waals surface area contributed by atoms with Crippen LogP contribution < -0.4 is 5.32 Å². The van der Waals surface area contributed by atoms with Gasteiger partial charge >= 0.3 is 5.97 Å². The Balaban J connectivity index is 2.60. The van der Waals surface area contributed by atoms with Crippen molar-refractivity contribution < 1.29 is 19.1 Å². The Hall–Kier alpha value is -1.78. The van der Waals surface area contributed by atoms with Crippen molar-refractivity contribution in [3.8, 4) is 0 Å². The topological polar surface area (TPSA) is 79.5 Å². The number of aliphatic carboxylic acids is 1. The normalized spacial score (nSPS) is 12.1. The number of carbonyl (C=O) groups is 2. The molecule has 0 fully saturated rings. The lowest BCUT2D eigenvalue weighted by molar-refractivity contribution is -0.139. The number of carbonyl (C=O) groups excluding carboxylic acids is 1. The Morgan fingerprint density at radius 3 is 2.79 bits per heavy atom. The van der Waals surface area contributed by atoms with Crippen molar-refractivity contribution in [2.45, 2.75) is 19.4 Å². The average molecular weight is 197 g/mol. The lowest BCUT2D eigenvalue weighted by atomic mass is 10.2. The van der Waals surface area contributed by atoms with Gasteiger partial charge in [0.2, 0.25) is 0 Å². The molecule has 0 radical (unpaired) electrons. The molecule has 0 unspecified atom stereocenters. The van der Waals surface area contributed by atoms with E-state index in [1.54, 1.807) is 13.0 Å². The highest BCUT2D eigenvalue weighted by Gasteiger charge is 2.19. The molecule has 5 heteroatoms. The molecule has 1 rings (SSSR count). The van der Waals surface area contributed by atoms with Crippen LogP contribution in [-0.2, 0) is 4.79 Å². The SMILES string of the molecule is CC[C@@H](NC(=O)c1ccco1)C(=O)O. The summed E-state index contributed by atoms with van der Waals surface area (Å²) in [7, 11) is 0. The van der Waals surface area contributed by atoms with Crippen molar-refractivity contribution in [3.05, 3.63) is 24.2 Å². The van der Waals surface area contributed by atoms with Crippen LogP contribution in [0.25, 0.3) is 0 Å². The van der Waals surface area contributed by atoms with Crippen LogP contribution in [0.2, 0.25) is 0 Å². The highest BCUT2D eigenvalue weighted by Crippen LogP contribution is 2.01. The van der Waals surface area contributed by atoms with E-state index < -0.39 is 17.9 Å². The van der Waals surface area contributed by atoms with E-state index >= 15 is 0 Å². The van der Waals surface area contributed by atoms with Crippen molar-refractivity contribution in [3.63, 3.8) is 0 Å². The third kappa shape index (κ3) is 2.35. The minimum absolute atomic E-state index is 0.115. The van der Waals surface area contributed by atoms with Crippen molar-refractivity contribution in [2.75, 3.05) is 0 Å². The van der Waals surface area contributed by atoms with Gasteiger partial charge in [-0.15, -0.1) is 0 Å². The molecule has 0 saturated carbocycles. The van der Waals surface area contributed by atoms with Crippen LogP contribution in [0.1, 0.15) is 23.9 Å². The first kappa shape index (κ1) is 10.3. The molecular weight excluding hydrogens is 186 g/mol. The quantitative estimate of drug-likeness (QED) is 0.750. The van der Waals surface area contributed by atoms with Crippen LogP contribution in [0, 0.1) is 0 Å². The van der Waals surface area contributed by atoms with Crippen molar-refractivity contribution in [2.24, 2.45) is 0 Å². The van der Waals surface area contributed by atoms with Gasteiger partial charge in [-0.05, 0) is 18.6 Å². The molecule has 2 N–H and O–H groups in total. The molecule has 1 atom stereocenters. The van der Waals surface area contributed by atoms with Gasteiger partial charge in [0.25, 0.3) is 5.91 Å². The summed E-state index contributed by atoms with van der Waals surface area (Å²) < 4.78 is 4.82. The molecule has 0 aromatic carbocycles. The van der Waals surface area contributed by atoms with Crippen molar-refractivity contribution in [1.29, 1.82) is 0 Å². The van der Waals surface area contributed by atoms with Gasteiger partial charge < -0.3 is 14.8 Å². The number of hydrogen-bond acceptors (Lipinski definition) is 3. The zero-order valence-electron chi connectivity index (χ0n) is 7.69. The van der Waals surface area contributed by atoms with Crippen LogP contribution in [0.3, 0.4) is 0 Å². The molecule has 1 amide bonds. The largest absolute Gasteiger partial charge is 0.480 e. The van der Waals surface area contributed by atoms with E-state index in [4.69, 9.17) is 9.52 Å². The van der Waals surface area contributed by atoms with E-state index in [9.17, 15) is 9.59 Å². The summed E-state index contributed by atoms with van der Waals surface area (Å²) in [6, 6.07) is 2.17. The molecule has 5 nitrogen and oxygen atoms in total. The zero-order chi connectivity index (χ0) is 10.6. The summed E-state index contributed by atoms with van der Waals surface area (Å²) in [5.41, 5.74) is 0. The molecule has 1 aromatic heterocycles. The minimum atomic E-state index is -1.05. The molecule has 0 spiro atoms. The number of carboxylic acids is 1. The molecule has 1 heterocycles. The Bertz CT molecular complexity index is 318. The fraction of sp³-hybridized carbons (Fsp3) is 0.333.